The van der Waals surface area contributed by atoms with Gasteiger partial charge in [0, 0.05) is 47.2 Å². The average Bonchev–Trinajstić information content (AvgIpc) is 3.69. The number of aryl methyl sites for hydroxylation is 4. The van der Waals surface area contributed by atoms with Crippen molar-refractivity contribution >= 4 is 57.0 Å². The van der Waals surface area contributed by atoms with E-state index in [0.29, 0.717) is 47.4 Å². The first-order chi connectivity index (χ1) is 25.2. The summed E-state index contributed by atoms with van der Waals surface area (Å²) in [5, 5.41) is 2.28. The third-order valence-corrected chi connectivity index (χ3v) is 9.39. The van der Waals surface area contributed by atoms with Gasteiger partial charge in [-0.3, -0.25) is 9.59 Å². The molecule has 0 fully saturated rings. The minimum Gasteiger partial charge on any atom is -0.493 e. The van der Waals surface area contributed by atoms with Gasteiger partial charge in [0.05, 0.1) is 35.5 Å². The fourth-order valence-electron chi connectivity index (χ4n) is 6.90. The van der Waals surface area contributed by atoms with Gasteiger partial charge >= 0.3 is 0 Å². The van der Waals surface area contributed by atoms with Gasteiger partial charge in [0.15, 0.2) is 11.5 Å². The Morgan fingerprint density at radius 2 is 1.02 bits per heavy atom. The summed E-state index contributed by atoms with van der Waals surface area (Å²) in [5.74, 6) is 0.637. The lowest BCUT2D eigenvalue weighted by atomic mass is 9.88. The zero-order valence-corrected chi connectivity index (χ0v) is 30.2. The van der Waals surface area contributed by atoms with E-state index in [1.165, 1.54) is 0 Å². The standard InChI is InChI=1S/C44H40N2O6/c1-7-49-35(21-13-17-31-25-23-29-15-9-11-19-33(29)45(31)5)37-27(3)51-43-39(37)41(47)44-40(42(43)48)38(28(4)52-44)36(50-8-2)22-14-18-32-26-24-30-16-10-12-20-34(30)46(32)6/h9-26H,7-8H2,1-6H3/q+2/b17-13+,18-14+,35-21+,36-22+. The van der Waals surface area contributed by atoms with Crippen LogP contribution in [0.4, 0.5) is 0 Å². The lowest BCUT2D eigenvalue weighted by molar-refractivity contribution is -0.646. The van der Waals surface area contributed by atoms with Gasteiger partial charge in [0.1, 0.15) is 37.1 Å². The molecule has 4 aromatic heterocycles. The van der Waals surface area contributed by atoms with Crippen LogP contribution in [-0.4, -0.2) is 24.8 Å². The van der Waals surface area contributed by atoms with Gasteiger partial charge in [-0.15, -0.1) is 0 Å². The van der Waals surface area contributed by atoms with Crippen LogP contribution in [0.2, 0.25) is 0 Å². The van der Waals surface area contributed by atoms with Gasteiger partial charge in [-0.2, -0.15) is 9.13 Å². The van der Waals surface area contributed by atoms with E-state index in [-0.39, 0.29) is 22.6 Å². The van der Waals surface area contributed by atoms with E-state index < -0.39 is 11.6 Å². The van der Waals surface area contributed by atoms with E-state index in [1.54, 1.807) is 26.0 Å². The van der Waals surface area contributed by atoms with E-state index >= 15 is 0 Å². The Morgan fingerprint density at radius 1 is 0.615 bits per heavy atom. The van der Waals surface area contributed by atoms with Crippen molar-refractivity contribution in [1.82, 2.24) is 0 Å². The quantitative estimate of drug-likeness (QED) is 0.0813. The van der Waals surface area contributed by atoms with E-state index in [4.69, 9.17) is 18.3 Å². The maximum atomic E-state index is 14.3. The molecule has 0 amide bonds. The number of benzene rings is 2. The Hall–Kier alpha value is -6.28. The lowest BCUT2D eigenvalue weighted by Gasteiger charge is -2.14. The fourth-order valence-corrected chi connectivity index (χ4v) is 6.90. The Labute approximate surface area is 302 Å². The summed E-state index contributed by atoms with van der Waals surface area (Å²) in [6.45, 7) is 7.87. The molecule has 52 heavy (non-hydrogen) atoms. The first-order valence-electron chi connectivity index (χ1n) is 17.4. The van der Waals surface area contributed by atoms with Gasteiger partial charge in [-0.25, -0.2) is 0 Å². The molecular formula is C44H40N2O6+2. The molecule has 260 valence electrons. The van der Waals surface area contributed by atoms with Crippen molar-refractivity contribution in [3.05, 3.63) is 154 Å². The fraction of sp³-hybridized carbons (Fsp3) is 0.182. The van der Waals surface area contributed by atoms with Crippen LogP contribution in [0.15, 0.2) is 106 Å². The number of ketones is 2. The van der Waals surface area contributed by atoms with Crippen molar-refractivity contribution in [2.75, 3.05) is 13.2 Å². The second-order valence-electron chi connectivity index (χ2n) is 12.5. The molecule has 0 bridgehead atoms. The van der Waals surface area contributed by atoms with Crippen molar-refractivity contribution < 1.29 is 37.0 Å². The molecule has 0 aliphatic heterocycles. The van der Waals surface area contributed by atoms with Gasteiger partial charge < -0.3 is 18.3 Å². The monoisotopic (exact) mass is 692 g/mol. The number of hydrogen-bond donors (Lipinski definition) is 0. The molecule has 0 spiro atoms. The summed E-state index contributed by atoms with van der Waals surface area (Å²) in [4.78, 5) is 28.5. The number of hydrogen-bond acceptors (Lipinski definition) is 6. The highest BCUT2D eigenvalue weighted by molar-refractivity contribution is 6.29. The van der Waals surface area contributed by atoms with Crippen LogP contribution < -0.4 is 9.13 Å². The van der Waals surface area contributed by atoms with Crippen LogP contribution in [0.1, 0.15) is 80.1 Å². The maximum Gasteiger partial charge on any atom is 0.233 e. The van der Waals surface area contributed by atoms with Crippen LogP contribution in [0, 0.1) is 13.8 Å². The van der Waals surface area contributed by atoms with Gasteiger partial charge in [0.2, 0.25) is 34.0 Å². The van der Waals surface area contributed by atoms with E-state index in [0.717, 1.165) is 33.2 Å². The number of rotatable bonds is 10. The number of carbonyl (C=O) groups is 2. The highest BCUT2D eigenvalue weighted by Gasteiger charge is 2.43. The lowest BCUT2D eigenvalue weighted by Crippen LogP contribution is -2.32. The van der Waals surface area contributed by atoms with Crippen LogP contribution in [0.25, 0.3) is 45.5 Å². The Morgan fingerprint density at radius 3 is 1.42 bits per heavy atom. The van der Waals surface area contributed by atoms with Crippen LogP contribution in [0.5, 0.6) is 0 Å². The molecule has 0 atom stereocenters. The molecule has 4 heterocycles. The smallest absolute Gasteiger partial charge is 0.233 e. The number of para-hydroxylation sites is 2. The molecule has 0 saturated heterocycles. The SMILES string of the molecule is CCO/C(=C/C=C/c1ccc2ccccc2[n+]1C)c1c(C)oc2c1C(=O)c1oc(C)c(/C(=C\C=C\c3ccc4ccccc4[n+]3C)OCC)c1C2=O. The predicted molar refractivity (Wildman–Crippen MR) is 201 cm³/mol. The van der Waals surface area contributed by atoms with E-state index in [9.17, 15) is 9.59 Å². The molecule has 1 aliphatic rings. The molecular weight excluding hydrogens is 652 g/mol. The van der Waals surface area contributed by atoms with Crippen molar-refractivity contribution in [2.24, 2.45) is 14.1 Å². The van der Waals surface area contributed by atoms with Gasteiger partial charge in [-0.1, -0.05) is 36.4 Å². The summed E-state index contributed by atoms with van der Waals surface area (Å²) in [5.41, 5.74) is 5.27. The third kappa shape index (κ3) is 5.96. The molecule has 7 rings (SSSR count). The summed E-state index contributed by atoms with van der Waals surface area (Å²) in [6, 6.07) is 24.6. The van der Waals surface area contributed by atoms with Gasteiger partial charge in [0.25, 0.3) is 0 Å². The van der Waals surface area contributed by atoms with Crippen molar-refractivity contribution in [3.63, 3.8) is 0 Å². The molecule has 8 nitrogen and oxygen atoms in total. The number of allylic oxidation sites excluding steroid dienone is 4. The number of furan rings is 2. The third-order valence-electron chi connectivity index (χ3n) is 9.39. The topological polar surface area (TPSA) is 86.6 Å². The van der Waals surface area contributed by atoms with Crippen LogP contribution in [-0.2, 0) is 23.6 Å². The summed E-state index contributed by atoms with van der Waals surface area (Å²) in [6.07, 6.45) is 11.3. The Kier molecular flexibility index (Phi) is 9.30. The predicted octanol–water partition coefficient (Wildman–Crippen LogP) is 8.40. The zero-order valence-electron chi connectivity index (χ0n) is 30.2. The maximum absolute atomic E-state index is 14.3. The number of fused-ring (bicyclic) bond motifs is 4. The zero-order chi connectivity index (χ0) is 36.5. The largest absolute Gasteiger partial charge is 0.493 e. The molecule has 0 saturated carbocycles. The van der Waals surface area contributed by atoms with Gasteiger partial charge in [-0.05, 0) is 64.1 Å². The highest BCUT2D eigenvalue weighted by Crippen LogP contribution is 2.41. The van der Waals surface area contributed by atoms with Crippen molar-refractivity contribution in [3.8, 4) is 0 Å². The number of carbonyl (C=O) groups excluding carboxylic acids is 2. The molecule has 0 radical (unpaired) electrons. The molecule has 8 heteroatoms. The average molecular weight is 693 g/mol. The second kappa shape index (κ2) is 14.2. The summed E-state index contributed by atoms with van der Waals surface area (Å²) >= 11 is 0. The molecule has 6 aromatic rings. The minimum absolute atomic E-state index is 0.0443. The number of aromatic nitrogens is 2. The number of ether oxygens (including phenoxy) is 2. The van der Waals surface area contributed by atoms with E-state index in [2.05, 4.69) is 45.5 Å². The Bertz CT molecular complexity index is 2350. The first kappa shape index (κ1) is 34.2. The first-order valence-corrected chi connectivity index (χ1v) is 17.4. The highest BCUT2D eigenvalue weighted by atomic mass is 16.5. The van der Waals surface area contributed by atoms with Crippen LogP contribution in [0.3, 0.4) is 0 Å². The van der Waals surface area contributed by atoms with E-state index in [1.807, 2.05) is 88.6 Å². The summed E-state index contributed by atoms with van der Waals surface area (Å²) in [7, 11) is 4.03. The van der Waals surface area contributed by atoms with Crippen LogP contribution >= 0.6 is 0 Å². The normalized spacial score (nSPS) is 13.5. The number of nitrogens with zero attached hydrogens (tertiary/aromatic N) is 2. The summed E-state index contributed by atoms with van der Waals surface area (Å²) < 4.78 is 28.5. The number of pyridine rings is 2. The van der Waals surface area contributed by atoms with Crippen molar-refractivity contribution in [1.29, 1.82) is 0 Å². The molecule has 0 unspecified atom stereocenters. The minimum atomic E-state index is -0.448. The molecule has 2 aromatic carbocycles. The van der Waals surface area contributed by atoms with Crippen molar-refractivity contribution in [2.45, 2.75) is 27.7 Å². The Balaban J connectivity index is 1.25. The molecule has 0 N–H and O–H groups in total. The second-order valence-corrected chi connectivity index (χ2v) is 12.5. The molecule has 1 aliphatic carbocycles.